The summed E-state index contributed by atoms with van der Waals surface area (Å²) in [6, 6.07) is 0. The van der Waals surface area contributed by atoms with Crippen molar-refractivity contribution >= 4 is 0 Å². The Morgan fingerprint density at radius 3 is 3.07 bits per heavy atom. The van der Waals surface area contributed by atoms with Crippen molar-refractivity contribution in [3.05, 3.63) is 11.6 Å². The standard InChI is InChI=1S/C11H20N4/c1-8-3-4-15-10(5-8)13-14-11(15)6-9(2)7-12/h8-9H,3-7,12H2,1-2H3. The SMILES string of the molecule is CC(CN)Cc1nnc2n1CCC(C)C2. The van der Waals surface area contributed by atoms with E-state index in [1.54, 1.807) is 0 Å². The van der Waals surface area contributed by atoms with Crippen LogP contribution in [-0.4, -0.2) is 21.3 Å². The lowest BCUT2D eigenvalue weighted by Crippen LogP contribution is -2.21. The molecule has 2 heterocycles. The number of hydrogen-bond donors (Lipinski definition) is 1. The maximum Gasteiger partial charge on any atom is 0.133 e. The zero-order valence-corrected chi connectivity index (χ0v) is 9.61. The quantitative estimate of drug-likeness (QED) is 0.806. The van der Waals surface area contributed by atoms with E-state index >= 15 is 0 Å². The highest BCUT2D eigenvalue weighted by Gasteiger charge is 2.20. The van der Waals surface area contributed by atoms with E-state index in [1.807, 2.05) is 0 Å². The summed E-state index contributed by atoms with van der Waals surface area (Å²) in [5.74, 6) is 3.53. The summed E-state index contributed by atoms with van der Waals surface area (Å²) < 4.78 is 2.28. The largest absolute Gasteiger partial charge is 0.330 e. The molecule has 2 rings (SSSR count). The normalized spacial score (nSPS) is 22.5. The molecule has 1 aliphatic rings. The Hall–Kier alpha value is -0.900. The van der Waals surface area contributed by atoms with Gasteiger partial charge in [-0.05, 0) is 24.8 Å². The van der Waals surface area contributed by atoms with Gasteiger partial charge < -0.3 is 10.3 Å². The predicted molar refractivity (Wildman–Crippen MR) is 59.4 cm³/mol. The Labute approximate surface area is 90.9 Å². The molecule has 2 atom stereocenters. The van der Waals surface area contributed by atoms with E-state index in [-0.39, 0.29) is 0 Å². The molecule has 1 aromatic heterocycles. The van der Waals surface area contributed by atoms with Crippen LogP contribution in [0.5, 0.6) is 0 Å². The molecular weight excluding hydrogens is 188 g/mol. The third-order valence-corrected chi connectivity index (χ3v) is 3.21. The second kappa shape index (κ2) is 4.31. The zero-order valence-electron chi connectivity index (χ0n) is 9.61. The Balaban J connectivity index is 2.13. The van der Waals surface area contributed by atoms with Gasteiger partial charge in [-0.15, -0.1) is 10.2 Å². The van der Waals surface area contributed by atoms with Gasteiger partial charge in [0.2, 0.25) is 0 Å². The van der Waals surface area contributed by atoms with Gasteiger partial charge >= 0.3 is 0 Å². The third kappa shape index (κ3) is 2.20. The van der Waals surface area contributed by atoms with Gasteiger partial charge in [-0.25, -0.2) is 0 Å². The smallest absolute Gasteiger partial charge is 0.133 e. The molecule has 0 saturated heterocycles. The van der Waals surface area contributed by atoms with Gasteiger partial charge in [0, 0.05) is 19.4 Å². The Bertz CT molecular complexity index is 331. The van der Waals surface area contributed by atoms with Crippen LogP contribution >= 0.6 is 0 Å². The maximum absolute atomic E-state index is 5.63. The number of nitrogens with two attached hydrogens (primary N) is 1. The van der Waals surface area contributed by atoms with Crippen LogP contribution in [0.3, 0.4) is 0 Å². The molecule has 2 unspecified atom stereocenters. The van der Waals surface area contributed by atoms with Crippen LogP contribution in [0.2, 0.25) is 0 Å². The minimum absolute atomic E-state index is 0.498. The van der Waals surface area contributed by atoms with Gasteiger partial charge in [0.05, 0.1) is 0 Å². The molecular formula is C11H20N4. The molecule has 4 heteroatoms. The number of aromatic nitrogens is 3. The van der Waals surface area contributed by atoms with Crippen LogP contribution in [0.1, 0.15) is 31.9 Å². The average Bonchev–Trinajstić information content (AvgIpc) is 2.60. The second-order valence-corrected chi connectivity index (χ2v) is 4.83. The predicted octanol–water partition coefficient (Wildman–Crippen LogP) is 0.998. The maximum atomic E-state index is 5.63. The lowest BCUT2D eigenvalue weighted by Gasteiger charge is -2.20. The molecule has 0 aromatic carbocycles. The van der Waals surface area contributed by atoms with Gasteiger partial charge in [0.1, 0.15) is 11.6 Å². The molecule has 0 bridgehead atoms. The number of fused-ring (bicyclic) bond motifs is 1. The van der Waals surface area contributed by atoms with Crippen molar-refractivity contribution in [2.45, 2.75) is 39.7 Å². The fourth-order valence-corrected chi connectivity index (χ4v) is 2.09. The van der Waals surface area contributed by atoms with E-state index in [2.05, 4.69) is 28.6 Å². The van der Waals surface area contributed by atoms with Crippen LogP contribution in [0, 0.1) is 11.8 Å². The van der Waals surface area contributed by atoms with Crippen molar-refractivity contribution in [1.29, 1.82) is 0 Å². The summed E-state index contributed by atoms with van der Waals surface area (Å²) in [5.41, 5.74) is 5.63. The number of nitrogens with zero attached hydrogens (tertiary/aromatic N) is 3. The highest BCUT2D eigenvalue weighted by atomic mass is 15.3. The fraction of sp³-hybridized carbons (Fsp3) is 0.818. The molecule has 0 aliphatic carbocycles. The molecule has 4 nitrogen and oxygen atoms in total. The Morgan fingerprint density at radius 1 is 1.53 bits per heavy atom. The van der Waals surface area contributed by atoms with Gasteiger partial charge in [0.15, 0.2) is 0 Å². The molecule has 0 spiro atoms. The topological polar surface area (TPSA) is 56.7 Å². The molecule has 84 valence electrons. The molecule has 15 heavy (non-hydrogen) atoms. The first-order valence-electron chi connectivity index (χ1n) is 5.81. The zero-order chi connectivity index (χ0) is 10.8. The third-order valence-electron chi connectivity index (χ3n) is 3.21. The molecule has 0 amide bonds. The first kappa shape index (κ1) is 10.6. The molecule has 0 fully saturated rings. The number of hydrogen-bond acceptors (Lipinski definition) is 3. The van der Waals surface area contributed by atoms with Crippen molar-refractivity contribution in [3.8, 4) is 0 Å². The van der Waals surface area contributed by atoms with Crippen LogP contribution in [0.25, 0.3) is 0 Å². The Morgan fingerprint density at radius 2 is 2.33 bits per heavy atom. The summed E-state index contributed by atoms with van der Waals surface area (Å²) in [4.78, 5) is 0. The lowest BCUT2D eigenvalue weighted by molar-refractivity contribution is 0.397. The molecule has 1 aliphatic heterocycles. The molecule has 0 radical (unpaired) electrons. The second-order valence-electron chi connectivity index (χ2n) is 4.83. The van der Waals surface area contributed by atoms with Crippen molar-refractivity contribution < 1.29 is 0 Å². The fourth-order valence-electron chi connectivity index (χ4n) is 2.09. The summed E-state index contributed by atoms with van der Waals surface area (Å²) in [7, 11) is 0. The molecule has 1 aromatic rings. The highest BCUT2D eigenvalue weighted by molar-refractivity contribution is 5.00. The van der Waals surface area contributed by atoms with Crippen molar-refractivity contribution in [1.82, 2.24) is 14.8 Å². The van der Waals surface area contributed by atoms with Crippen LogP contribution in [-0.2, 0) is 19.4 Å². The highest BCUT2D eigenvalue weighted by Crippen LogP contribution is 2.20. The monoisotopic (exact) mass is 208 g/mol. The summed E-state index contributed by atoms with van der Waals surface area (Å²) in [6.45, 7) is 6.24. The average molecular weight is 208 g/mol. The lowest BCUT2D eigenvalue weighted by atomic mass is 10.00. The molecule has 2 N–H and O–H groups in total. The van der Waals surface area contributed by atoms with E-state index in [9.17, 15) is 0 Å². The van der Waals surface area contributed by atoms with Gasteiger partial charge in [-0.2, -0.15) is 0 Å². The Kier molecular flexibility index (Phi) is 3.05. The minimum Gasteiger partial charge on any atom is -0.330 e. The number of rotatable bonds is 3. The minimum atomic E-state index is 0.498. The first-order valence-corrected chi connectivity index (χ1v) is 5.81. The summed E-state index contributed by atoms with van der Waals surface area (Å²) in [6.07, 6.45) is 3.27. The van der Waals surface area contributed by atoms with Gasteiger partial charge in [-0.3, -0.25) is 0 Å². The van der Waals surface area contributed by atoms with Crippen molar-refractivity contribution in [2.24, 2.45) is 17.6 Å². The van der Waals surface area contributed by atoms with Crippen molar-refractivity contribution in [2.75, 3.05) is 6.54 Å². The van der Waals surface area contributed by atoms with Crippen molar-refractivity contribution in [3.63, 3.8) is 0 Å². The van der Waals surface area contributed by atoms with Gasteiger partial charge in [0.25, 0.3) is 0 Å². The van der Waals surface area contributed by atoms with E-state index in [1.165, 1.54) is 6.42 Å². The van der Waals surface area contributed by atoms with Crippen LogP contribution < -0.4 is 5.73 Å². The van der Waals surface area contributed by atoms with E-state index in [0.717, 1.165) is 43.5 Å². The van der Waals surface area contributed by atoms with Crippen LogP contribution in [0.4, 0.5) is 0 Å². The van der Waals surface area contributed by atoms with Crippen LogP contribution in [0.15, 0.2) is 0 Å². The summed E-state index contributed by atoms with van der Waals surface area (Å²) >= 11 is 0. The van der Waals surface area contributed by atoms with E-state index < -0.39 is 0 Å². The van der Waals surface area contributed by atoms with Gasteiger partial charge in [-0.1, -0.05) is 13.8 Å². The first-order chi connectivity index (χ1) is 7.20. The summed E-state index contributed by atoms with van der Waals surface area (Å²) in [5, 5.41) is 8.54. The van der Waals surface area contributed by atoms with E-state index in [4.69, 9.17) is 5.73 Å². The molecule has 0 saturated carbocycles. The van der Waals surface area contributed by atoms with E-state index in [0.29, 0.717) is 5.92 Å².